The average molecular weight is 451 g/mol. The summed E-state index contributed by atoms with van der Waals surface area (Å²) in [7, 11) is 0. The van der Waals surface area contributed by atoms with E-state index in [-0.39, 0.29) is 11.5 Å². The van der Waals surface area contributed by atoms with E-state index >= 15 is 0 Å². The van der Waals surface area contributed by atoms with E-state index in [2.05, 4.69) is 20.2 Å². The molecule has 2 N–H and O–H groups in total. The highest BCUT2D eigenvalue weighted by Crippen LogP contribution is 2.34. The Kier molecular flexibility index (Phi) is 6.74. The quantitative estimate of drug-likeness (QED) is 0.582. The second-order valence-electron chi connectivity index (χ2n) is 7.84. The molecule has 31 heavy (non-hydrogen) atoms. The number of nitrogens with one attached hydrogen (secondary N) is 1. The standard InChI is InChI=1S/C22H25F3N4OS/c23-22(24,25)11-18-10-19-20(27-14-28-21(19)31-18)29-8-3-6-17(7-9-29)26-12-15-4-1-2-5-16(15)13-30/h1-2,4-5,10,14,17,26,30H,3,6-9,11-13H2. The fourth-order valence-electron chi connectivity index (χ4n) is 4.08. The van der Waals surface area contributed by atoms with Gasteiger partial charge in [-0.2, -0.15) is 13.2 Å². The van der Waals surface area contributed by atoms with Gasteiger partial charge >= 0.3 is 6.18 Å². The van der Waals surface area contributed by atoms with Crippen molar-refractivity contribution in [2.24, 2.45) is 0 Å². The second-order valence-corrected chi connectivity index (χ2v) is 8.96. The molecule has 0 radical (unpaired) electrons. The van der Waals surface area contributed by atoms with E-state index < -0.39 is 12.6 Å². The minimum atomic E-state index is -4.23. The number of hydrogen-bond donors (Lipinski definition) is 2. The number of alkyl halides is 3. The van der Waals surface area contributed by atoms with Gasteiger partial charge in [-0.15, -0.1) is 11.3 Å². The van der Waals surface area contributed by atoms with Crippen molar-refractivity contribution in [3.63, 3.8) is 0 Å². The lowest BCUT2D eigenvalue weighted by Crippen LogP contribution is -2.31. The van der Waals surface area contributed by atoms with Crippen molar-refractivity contribution in [2.75, 3.05) is 18.0 Å². The molecule has 1 aromatic carbocycles. The average Bonchev–Trinajstić information content (AvgIpc) is 2.99. The Hall–Kier alpha value is -2.23. The third kappa shape index (κ3) is 5.53. The van der Waals surface area contributed by atoms with Gasteiger partial charge in [-0.05, 0) is 36.5 Å². The molecule has 1 unspecified atom stereocenters. The van der Waals surface area contributed by atoms with Crippen LogP contribution < -0.4 is 10.2 Å². The van der Waals surface area contributed by atoms with Crippen molar-refractivity contribution in [1.82, 2.24) is 15.3 Å². The van der Waals surface area contributed by atoms with Crippen LogP contribution in [0.1, 0.15) is 35.3 Å². The summed E-state index contributed by atoms with van der Waals surface area (Å²) in [5.74, 6) is 0.723. The molecule has 0 aliphatic carbocycles. The maximum Gasteiger partial charge on any atom is 0.393 e. The Balaban J connectivity index is 1.43. The van der Waals surface area contributed by atoms with Crippen molar-refractivity contribution in [3.8, 4) is 0 Å². The van der Waals surface area contributed by atoms with Crippen LogP contribution in [0.15, 0.2) is 36.7 Å². The minimum absolute atomic E-state index is 0.0248. The van der Waals surface area contributed by atoms with Crippen molar-refractivity contribution in [2.45, 2.75) is 51.1 Å². The number of rotatable bonds is 6. The summed E-state index contributed by atoms with van der Waals surface area (Å²) in [6.07, 6.45) is -0.844. The summed E-state index contributed by atoms with van der Waals surface area (Å²) in [5.41, 5.74) is 2.03. The number of aliphatic hydroxyl groups excluding tert-OH is 1. The molecule has 1 aliphatic heterocycles. The van der Waals surface area contributed by atoms with Crippen LogP contribution >= 0.6 is 11.3 Å². The first-order valence-electron chi connectivity index (χ1n) is 10.4. The predicted molar refractivity (Wildman–Crippen MR) is 116 cm³/mol. The van der Waals surface area contributed by atoms with Gasteiger partial charge in [-0.1, -0.05) is 24.3 Å². The highest BCUT2D eigenvalue weighted by molar-refractivity contribution is 7.18. The smallest absolute Gasteiger partial charge is 0.392 e. The van der Waals surface area contributed by atoms with Crippen molar-refractivity contribution >= 4 is 27.4 Å². The Bertz CT molecular complexity index is 1020. The second kappa shape index (κ2) is 9.50. The van der Waals surface area contributed by atoms with E-state index in [1.807, 2.05) is 24.3 Å². The van der Waals surface area contributed by atoms with Gasteiger partial charge < -0.3 is 15.3 Å². The van der Waals surface area contributed by atoms with Gasteiger partial charge in [0.25, 0.3) is 0 Å². The van der Waals surface area contributed by atoms with E-state index in [0.29, 0.717) is 22.8 Å². The van der Waals surface area contributed by atoms with Crippen molar-refractivity contribution < 1.29 is 18.3 Å². The molecule has 166 valence electrons. The molecule has 1 aliphatic rings. The monoisotopic (exact) mass is 450 g/mol. The molecule has 1 atom stereocenters. The first kappa shape index (κ1) is 22.0. The summed E-state index contributed by atoms with van der Waals surface area (Å²) in [4.78, 5) is 11.6. The van der Waals surface area contributed by atoms with Crippen LogP contribution in [0.5, 0.6) is 0 Å². The number of thiophene rings is 1. The molecule has 5 nitrogen and oxygen atoms in total. The SMILES string of the molecule is OCc1ccccc1CNC1CCCN(c2ncnc3sc(CC(F)(F)F)cc23)CC1. The molecule has 9 heteroatoms. The minimum Gasteiger partial charge on any atom is -0.392 e. The Morgan fingerprint density at radius 3 is 2.71 bits per heavy atom. The summed E-state index contributed by atoms with van der Waals surface area (Å²) in [5, 5.41) is 13.8. The topological polar surface area (TPSA) is 61.3 Å². The van der Waals surface area contributed by atoms with Crippen LogP contribution in [-0.4, -0.2) is 40.4 Å². The zero-order valence-corrected chi connectivity index (χ0v) is 17.8. The number of fused-ring (bicyclic) bond motifs is 1. The molecule has 3 heterocycles. The fraction of sp³-hybridized carbons (Fsp3) is 0.455. The third-order valence-corrected chi connectivity index (χ3v) is 6.67. The number of hydrogen-bond acceptors (Lipinski definition) is 6. The van der Waals surface area contributed by atoms with E-state index in [0.717, 1.165) is 60.6 Å². The molecule has 0 saturated carbocycles. The van der Waals surface area contributed by atoms with Crippen molar-refractivity contribution in [1.29, 1.82) is 0 Å². The first-order valence-corrected chi connectivity index (χ1v) is 11.2. The van der Waals surface area contributed by atoms with Gasteiger partial charge in [-0.25, -0.2) is 9.97 Å². The zero-order chi connectivity index (χ0) is 21.8. The number of anilines is 1. The van der Waals surface area contributed by atoms with E-state index in [4.69, 9.17) is 0 Å². The van der Waals surface area contributed by atoms with E-state index in [1.165, 1.54) is 6.33 Å². The molecule has 0 bridgehead atoms. The van der Waals surface area contributed by atoms with Gasteiger partial charge in [0.1, 0.15) is 17.0 Å². The molecule has 3 aromatic rings. The summed E-state index contributed by atoms with van der Waals surface area (Å²) >= 11 is 1.09. The van der Waals surface area contributed by atoms with Crippen LogP contribution in [0.2, 0.25) is 0 Å². The van der Waals surface area contributed by atoms with Crippen molar-refractivity contribution in [3.05, 3.63) is 52.7 Å². The van der Waals surface area contributed by atoms with Gasteiger partial charge in [0.05, 0.1) is 18.4 Å². The third-order valence-electron chi connectivity index (χ3n) is 5.63. The molecule has 4 rings (SSSR count). The van der Waals surface area contributed by atoms with Gasteiger partial charge in [-0.3, -0.25) is 0 Å². The Labute approximate surface area is 182 Å². The summed E-state index contributed by atoms with van der Waals surface area (Å²) in [6.45, 7) is 2.30. The first-order chi connectivity index (χ1) is 14.9. The molecular weight excluding hydrogens is 425 g/mol. The number of halogens is 3. The zero-order valence-electron chi connectivity index (χ0n) is 17.0. The number of aromatic nitrogens is 2. The molecule has 1 saturated heterocycles. The summed E-state index contributed by atoms with van der Waals surface area (Å²) < 4.78 is 38.4. The molecule has 2 aromatic heterocycles. The van der Waals surface area contributed by atoms with Crippen LogP contribution in [0.4, 0.5) is 19.0 Å². The largest absolute Gasteiger partial charge is 0.393 e. The fourth-order valence-corrected chi connectivity index (χ4v) is 5.10. The maximum atomic E-state index is 12.8. The molecule has 0 amide bonds. The van der Waals surface area contributed by atoms with Crippen LogP contribution in [-0.2, 0) is 19.6 Å². The Morgan fingerprint density at radius 2 is 1.94 bits per heavy atom. The lowest BCUT2D eigenvalue weighted by Gasteiger charge is -2.22. The molecular formula is C22H25F3N4OS. The normalized spacial score (nSPS) is 17.8. The number of benzene rings is 1. The van der Waals surface area contributed by atoms with E-state index in [1.54, 1.807) is 6.07 Å². The van der Waals surface area contributed by atoms with Gasteiger partial charge in [0.2, 0.25) is 0 Å². The maximum absolute atomic E-state index is 12.8. The Morgan fingerprint density at radius 1 is 1.13 bits per heavy atom. The van der Waals surface area contributed by atoms with E-state index in [9.17, 15) is 18.3 Å². The van der Waals surface area contributed by atoms with Crippen LogP contribution in [0, 0.1) is 0 Å². The van der Waals surface area contributed by atoms with Gasteiger partial charge in [0, 0.05) is 30.6 Å². The predicted octanol–water partition coefficient (Wildman–Crippen LogP) is 4.44. The van der Waals surface area contributed by atoms with Crippen LogP contribution in [0.3, 0.4) is 0 Å². The molecule has 0 spiro atoms. The summed E-state index contributed by atoms with van der Waals surface area (Å²) in [6, 6.07) is 9.77. The van der Waals surface area contributed by atoms with Gasteiger partial charge in [0.15, 0.2) is 0 Å². The highest BCUT2D eigenvalue weighted by Gasteiger charge is 2.29. The lowest BCUT2D eigenvalue weighted by atomic mass is 10.1. The number of aliphatic hydroxyl groups is 1. The number of nitrogens with zero attached hydrogens (tertiary/aromatic N) is 3. The highest BCUT2D eigenvalue weighted by atomic mass is 32.1. The van der Waals surface area contributed by atoms with Crippen LogP contribution in [0.25, 0.3) is 10.2 Å². The molecule has 1 fully saturated rings. The lowest BCUT2D eigenvalue weighted by molar-refractivity contribution is -0.126.